The van der Waals surface area contributed by atoms with Crippen molar-refractivity contribution >= 4 is 11.6 Å². The molecule has 2 aliphatic heterocycles. The second-order valence-corrected chi connectivity index (χ2v) is 10.1. The van der Waals surface area contributed by atoms with Crippen LogP contribution < -0.4 is 10.2 Å². The van der Waals surface area contributed by atoms with Crippen LogP contribution in [0.15, 0.2) is 30.3 Å². The Bertz CT molecular complexity index is 673. The molecule has 0 radical (unpaired) electrons. The van der Waals surface area contributed by atoms with E-state index in [1.165, 1.54) is 63.5 Å². The zero-order valence-corrected chi connectivity index (χ0v) is 19.7. The lowest BCUT2D eigenvalue weighted by Crippen LogP contribution is -2.58. The van der Waals surface area contributed by atoms with Gasteiger partial charge in [-0.2, -0.15) is 0 Å². The van der Waals surface area contributed by atoms with Gasteiger partial charge in [-0.1, -0.05) is 76.5 Å². The van der Waals surface area contributed by atoms with Crippen molar-refractivity contribution in [3.05, 3.63) is 30.3 Å². The molecular formula is C27H43N3O. The Balaban J connectivity index is 1.48. The molecule has 1 spiro atoms. The number of hydrogen-bond donors (Lipinski definition) is 1. The van der Waals surface area contributed by atoms with E-state index >= 15 is 0 Å². The van der Waals surface area contributed by atoms with Crippen LogP contribution in [0.1, 0.15) is 96.8 Å². The first kappa shape index (κ1) is 22.6. The molecule has 172 valence electrons. The molecule has 1 amide bonds. The molecule has 1 aliphatic carbocycles. The van der Waals surface area contributed by atoms with E-state index in [-0.39, 0.29) is 17.6 Å². The van der Waals surface area contributed by atoms with Crippen molar-refractivity contribution in [3.63, 3.8) is 0 Å². The zero-order chi connectivity index (χ0) is 21.5. The van der Waals surface area contributed by atoms with Crippen LogP contribution in [0.4, 0.5) is 5.69 Å². The van der Waals surface area contributed by atoms with E-state index in [1.54, 1.807) is 0 Å². The molecule has 2 saturated heterocycles. The Kier molecular flexibility index (Phi) is 7.92. The number of carbonyl (C=O) groups excluding carboxylic acids is 1. The summed E-state index contributed by atoms with van der Waals surface area (Å²) < 4.78 is 0. The van der Waals surface area contributed by atoms with E-state index in [0.717, 1.165) is 51.2 Å². The number of hydrogen-bond acceptors (Lipinski definition) is 3. The minimum absolute atomic E-state index is 0.134. The van der Waals surface area contributed by atoms with Crippen molar-refractivity contribution in [1.29, 1.82) is 0 Å². The standard InChI is InChI=1S/C27H43N3O/c1-2-3-18-25-28-26(31)27(30(25)24-16-12-9-13-17-24)19-21-29(22-20-27)23-14-10-7-5-4-6-8-11-15-23/h9,12-13,16-17,23,25H,2-8,10-11,14-15,18-22H2,1H3,(H,28,31). The summed E-state index contributed by atoms with van der Waals surface area (Å²) in [6.07, 6.45) is 17.9. The van der Waals surface area contributed by atoms with Gasteiger partial charge in [0.25, 0.3) is 0 Å². The van der Waals surface area contributed by atoms with Crippen LogP contribution in [0.3, 0.4) is 0 Å². The molecule has 1 unspecified atom stereocenters. The second kappa shape index (κ2) is 10.8. The first-order valence-electron chi connectivity index (χ1n) is 13.1. The quantitative estimate of drug-likeness (QED) is 0.641. The van der Waals surface area contributed by atoms with Crippen molar-refractivity contribution in [3.8, 4) is 0 Å². The first-order valence-corrected chi connectivity index (χ1v) is 13.1. The zero-order valence-electron chi connectivity index (χ0n) is 19.7. The van der Waals surface area contributed by atoms with Gasteiger partial charge in [-0.25, -0.2) is 0 Å². The van der Waals surface area contributed by atoms with E-state index in [9.17, 15) is 4.79 Å². The van der Waals surface area contributed by atoms with Gasteiger partial charge in [-0.05, 0) is 50.7 Å². The van der Waals surface area contributed by atoms with Crippen LogP contribution in [0.5, 0.6) is 0 Å². The number of nitrogens with zero attached hydrogens (tertiary/aromatic N) is 2. The number of benzene rings is 1. The molecular weight excluding hydrogens is 382 g/mol. The third-order valence-electron chi connectivity index (χ3n) is 8.07. The summed E-state index contributed by atoms with van der Waals surface area (Å²) in [6, 6.07) is 11.4. The Morgan fingerprint density at radius 3 is 2.16 bits per heavy atom. The van der Waals surface area contributed by atoms with Gasteiger partial charge in [0.2, 0.25) is 5.91 Å². The highest BCUT2D eigenvalue weighted by atomic mass is 16.2. The fourth-order valence-corrected chi connectivity index (χ4v) is 6.25. The molecule has 1 atom stereocenters. The monoisotopic (exact) mass is 425 g/mol. The average molecular weight is 426 g/mol. The van der Waals surface area contributed by atoms with E-state index in [4.69, 9.17) is 0 Å². The summed E-state index contributed by atoms with van der Waals surface area (Å²) in [5, 5.41) is 3.39. The van der Waals surface area contributed by atoms with Crippen LogP contribution in [-0.4, -0.2) is 41.6 Å². The maximum Gasteiger partial charge on any atom is 0.247 e. The average Bonchev–Trinajstić information content (AvgIpc) is 3.07. The van der Waals surface area contributed by atoms with Crippen molar-refractivity contribution in [2.24, 2.45) is 0 Å². The van der Waals surface area contributed by atoms with Crippen molar-refractivity contribution in [2.75, 3.05) is 18.0 Å². The Labute approximate surface area is 189 Å². The minimum atomic E-state index is -0.369. The van der Waals surface area contributed by atoms with Gasteiger partial charge < -0.3 is 15.1 Å². The maximum absolute atomic E-state index is 13.4. The molecule has 31 heavy (non-hydrogen) atoms. The van der Waals surface area contributed by atoms with Crippen LogP contribution in [0.25, 0.3) is 0 Å². The number of rotatable bonds is 5. The number of unbranched alkanes of at least 4 members (excludes halogenated alkanes) is 1. The summed E-state index contributed by atoms with van der Waals surface area (Å²) in [5.41, 5.74) is 0.834. The highest BCUT2D eigenvalue weighted by Gasteiger charge is 2.54. The summed E-state index contributed by atoms with van der Waals surface area (Å²) in [4.78, 5) is 18.6. The lowest BCUT2D eigenvalue weighted by Gasteiger charge is -2.47. The highest BCUT2D eigenvalue weighted by molar-refractivity contribution is 5.94. The van der Waals surface area contributed by atoms with Crippen LogP contribution >= 0.6 is 0 Å². The first-order chi connectivity index (χ1) is 15.2. The Morgan fingerprint density at radius 2 is 1.55 bits per heavy atom. The van der Waals surface area contributed by atoms with Crippen LogP contribution in [-0.2, 0) is 4.79 Å². The van der Waals surface area contributed by atoms with Crippen LogP contribution in [0, 0.1) is 0 Å². The molecule has 1 aromatic carbocycles. The predicted molar refractivity (Wildman–Crippen MR) is 129 cm³/mol. The maximum atomic E-state index is 13.4. The van der Waals surface area contributed by atoms with Gasteiger partial charge in [0.05, 0.1) is 0 Å². The highest BCUT2D eigenvalue weighted by Crippen LogP contribution is 2.40. The largest absolute Gasteiger partial charge is 0.336 e. The Morgan fingerprint density at radius 1 is 0.935 bits per heavy atom. The molecule has 1 saturated carbocycles. The number of para-hydroxylation sites is 1. The smallest absolute Gasteiger partial charge is 0.247 e. The molecule has 0 aromatic heterocycles. The fourth-order valence-electron chi connectivity index (χ4n) is 6.25. The number of anilines is 1. The topological polar surface area (TPSA) is 35.6 Å². The molecule has 0 bridgehead atoms. The van der Waals surface area contributed by atoms with Gasteiger partial charge in [-0.15, -0.1) is 0 Å². The molecule has 4 nitrogen and oxygen atoms in total. The number of carbonyl (C=O) groups is 1. The SMILES string of the molecule is CCCCC1NC(=O)C2(CCN(C3CCCCCCCCC3)CC2)N1c1ccccc1. The summed E-state index contributed by atoms with van der Waals surface area (Å²) in [7, 11) is 0. The summed E-state index contributed by atoms with van der Waals surface area (Å²) in [6.45, 7) is 4.35. The van der Waals surface area contributed by atoms with Crippen molar-refractivity contribution in [2.45, 2.75) is 115 Å². The van der Waals surface area contributed by atoms with Crippen molar-refractivity contribution in [1.82, 2.24) is 10.2 Å². The molecule has 4 heteroatoms. The number of amides is 1. The Hall–Kier alpha value is -1.55. The third kappa shape index (κ3) is 5.10. The molecule has 3 fully saturated rings. The van der Waals surface area contributed by atoms with Crippen LogP contribution in [0.2, 0.25) is 0 Å². The van der Waals surface area contributed by atoms with Gasteiger partial charge in [0.15, 0.2) is 0 Å². The van der Waals surface area contributed by atoms with E-state index in [1.807, 2.05) is 0 Å². The normalized spacial score (nSPS) is 26.2. The van der Waals surface area contributed by atoms with Crippen molar-refractivity contribution < 1.29 is 4.79 Å². The molecule has 2 heterocycles. The molecule has 3 aliphatic rings. The number of piperidine rings is 1. The lowest BCUT2D eigenvalue weighted by atomic mass is 9.84. The number of nitrogens with one attached hydrogen (secondary N) is 1. The number of likely N-dealkylation sites (tertiary alicyclic amines) is 1. The summed E-state index contributed by atoms with van der Waals surface area (Å²) >= 11 is 0. The fraction of sp³-hybridized carbons (Fsp3) is 0.741. The summed E-state index contributed by atoms with van der Waals surface area (Å²) in [5.74, 6) is 0.267. The van der Waals surface area contributed by atoms with Gasteiger partial charge in [-0.3, -0.25) is 4.79 Å². The second-order valence-electron chi connectivity index (χ2n) is 10.1. The van der Waals surface area contributed by atoms with E-state index in [0.29, 0.717) is 0 Å². The van der Waals surface area contributed by atoms with E-state index < -0.39 is 0 Å². The lowest BCUT2D eigenvalue weighted by molar-refractivity contribution is -0.125. The minimum Gasteiger partial charge on any atom is -0.336 e. The molecule has 4 rings (SSSR count). The predicted octanol–water partition coefficient (Wildman–Crippen LogP) is 5.87. The molecule has 1 aromatic rings. The van der Waals surface area contributed by atoms with Gasteiger partial charge in [0.1, 0.15) is 11.7 Å². The molecule has 1 N–H and O–H groups in total. The van der Waals surface area contributed by atoms with E-state index in [2.05, 4.69) is 52.4 Å². The van der Waals surface area contributed by atoms with Gasteiger partial charge in [0, 0.05) is 24.8 Å². The third-order valence-corrected chi connectivity index (χ3v) is 8.07. The van der Waals surface area contributed by atoms with Gasteiger partial charge >= 0.3 is 0 Å².